The van der Waals surface area contributed by atoms with E-state index in [1.165, 1.54) is 6.33 Å². The number of hydrogen-bond donors (Lipinski definition) is 3. The van der Waals surface area contributed by atoms with E-state index in [4.69, 9.17) is 5.11 Å². The zero-order valence-corrected chi connectivity index (χ0v) is 11.3. The topological polar surface area (TPSA) is 113 Å². The van der Waals surface area contributed by atoms with Crippen molar-refractivity contribution in [3.05, 3.63) is 16.4 Å². The maximum Gasteiger partial charge on any atom is 0.353 e. The molecule has 0 aliphatic heterocycles. The lowest BCUT2D eigenvalue weighted by Crippen LogP contribution is -2.27. The minimum absolute atomic E-state index is 0.00683. The van der Waals surface area contributed by atoms with Gasteiger partial charge < -0.3 is 15.7 Å². The van der Waals surface area contributed by atoms with Crippen LogP contribution in [0, 0.1) is 16.0 Å². The predicted octanol–water partition coefficient (Wildman–Crippen LogP) is 1.25. The summed E-state index contributed by atoms with van der Waals surface area (Å²) in [4.78, 5) is 18.4. The Morgan fingerprint density at radius 1 is 1.42 bits per heavy atom. The van der Waals surface area contributed by atoms with Crippen LogP contribution < -0.4 is 10.6 Å². The van der Waals surface area contributed by atoms with E-state index in [0.717, 1.165) is 0 Å². The van der Waals surface area contributed by atoms with Gasteiger partial charge in [-0.25, -0.2) is 9.97 Å². The lowest BCUT2D eigenvalue weighted by Gasteiger charge is -2.19. The van der Waals surface area contributed by atoms with Crippen LogP contribution in [0.15, 0.2) is 6.33 Å². The van der Waals surface area contributed by atoms with E-state index in [0.29, 0.717) is 6.54 Å². The first kappa shape index (κ1) is 15.1. The monoisotopic (exact) mass is 269 g/mol. The predicted molar refractivity (Wildman–Crippen MR) is 72.2 cm³/mol. The molecule has 19 heavy (non-hydrogen) atoms. The first-order valence-electron chi connectivity index (χ1n) is 6.11. The Morgan fingerprint density at radius 3 is 2.58 bits per heavy atom. The van der Waals surface area contributed by atoms with Crippen molar-refractivity contribution >= 4 is 17.3 Å². The Hall–Kier alpha value is -1.96. The van der Waals surface area contributed by atoms with Crippen molar-refractivity contribution < 1.29 is 10.0 Å². The lowest BCUT2D eigenvalue weighted by molar-refractivity contribution is -0.383. The van der Waals surface area contributed by atoms with Crippen molar-refractivity contribution in [3.63, 3.8) is 0 Å². The average Bonchev–Trinajstić information content (AvgIpc) is 2.37. The van der Waals surface area contributed by atoms with Gasteiger partial charge in [-0.05, 0) is 19.8 Å². The molecule has 0 bridgehead atoms. The van der Waals surface area contributed by atoms with Crippen LogP contribution >= 0.6 is 0 Å². The fraction of sp³-hybridized carbons (Fsp3) is 0.636. The molecule has 106 valence electrons. The number of aliphatic hydroxyl groups is 1. The van der Waals surface area contributed by atoms with Gasteiger partial charge in [0.15, 0.2) is 0 Å². The minimum atomic E-state index is -0.517. The number of nitro groups is 1. The summed E-state index contributed by atoms with van der Waals surface area (Å²) < 4.78 is 0. The third kappa shape index (κ3) is 3.75. The molecule has 1 aromatic heterocycles. The van der Waals surface area contributed by atoms with E-state index in [1.54, 1.807) is 0 Å². The van der Waals surface area contributed by atoms with E-state index in [2.05, 4.69) is 20.6 Å². The van der Waals surface area contributed by atoms with Gasteiger partial charge in [-0.2, -0.15) is 0 Å². The normalized spacial score (nSPS) is 13.7. The summed E-state index contributed by atoms with van der Waals surface area (Å²) >= 11 is 0. The molecule has 2 unspecified atom stereocenters. The average molecular weight is 269 g/mol. The molecule has 0 radical (unpaired) electrons. The molecule has 3 N–H and O–H groups in total. The van der Waals surface area contributed by atoms with E-state index in [-0.39, 0.29) is 35.9 Å². The molecule has 1 heterocycles. The van der Waals surface area contributed by atoms with Crippen molar-refractivity contribution in [2.24, 2.45) is 5.92 Å². The first-order chi connectivity index (χ1) is 9.01. The Morgan fingerprint density at radius 2 is 2.05 bits per heavy atom. The highest BCUT2D eigenvalue weighted by molar-refractivity contribution is 5.69. The van der Waals surface area contributed by atoms with Crippen LogP contribution in [-0.2, 0) is 0 Å². The van der Waals surface area contributed by atoms with Gasteiger partial charge in [0.05, 0.1) is 4.92 Å². The van der Waals surface area contributed by atoms with Crippen molar-refractivity contribution in [1.82, 2.24) is 9.97 Å². The molecule has 8 nitrogen and oxygen atoms in total. The van der Waals surface area contributed by atoms with Gasteiger partial charge in [0, 0.05) is 19.2 Å². The molecule has 0 saturated carbocycles. The summed E-state index contributed by atoms with van der Waals surface area (Å²) in [5, 5.41) is 26.0. The van der Waals surface area contributed by atoms with Crippen molar-refractivity contribution in [2.45, 2.75) is 26.8 Å². The molecule has 0 saturated heterocycles. The van der Waals surface area contributed by atoms with Crippen LogP contribution in [0.25, 0.3) is 0 Å². The molecule has 0 spiro atoms. The van der Waals surface area contributed by atoms with Gasteiger partial charge in [-0.3, -0.25) is 10.1 Å². The van der Waals surface area contributed by atoms with E-state index < -0.39 is 4.92 Å². The third-order valence-corrected chi connectivity index (χ3v) is 2.85. The highest BCUT2D eigenvalue weighted by atomic mass is 16.6. The van der Waals surface area contributed by atoms with Crippen LogP contribution in [0.3, 0.4) is 0 Å². The number of anilines is 2. The molecule has 0 fully saturated rings. The fourth-order valence-corrected chi connectivity index (χ4v) is 1.47. The van der Waals surface area contributed by atoms with Crippen molar-refractivity contribution in [1.29, 1.82) is 0 Å². The van der Waals surface area contributed by atoms with Crippen LogP contribution in [0.4, 0.5) is 17.3 Å². The summed E-state index contributed by atoms with van der Waals surface area (Å²) in [6.07, 6.45) is 1.27. The highest BCUT2D eigenvalue weighted by Gasteiger charge is 2.24. The SMILES string of the molecule is CCNc1ncnc(NC(C)C(C)CO)c1[N+](=O)[O-]. The van der Waals surface area contributed by atoms with E-state index >= 15 is 0 Å². The smallest absolute Gasteiger partial charge is 0.353 e. The van der Waals surface area contributed by atoms with Gasteiger partial charge in [0.2, 0.25) is 11.6 Å². The Kier molecular flexibility index (Phi) is 5.43. The molecular weight excluding hydrogens is 250 g/mol. The molecule has 0 amide bonds. The number of hydrogen-bond acceptors (Lipinski definition) is 7. The van der Waals surface area contributed by atoms with Crippen LogP contribution in [0.1, 0.15) is 20.8 Å². The van der Waals surface area contributed by atoms with Crippen LogP contribution in [0.5, 0.6) is 0 Å². The second kappa shape index (κ2) is 6.83. The van der Waals surface area contributed by atoms with Gasteiger partial charge in [0.25, 0.3) is 0 Å². The molecule has 0 aliphatic rings. The molecule has 8 heteroatoms. The molecule has 1 aromatic rings. The first-order valence-corrected chi connectivity index (χ1v) is 6.11. The molecular formula is C11H19N5O3. The quantitative estimate of drug-likeness (QED) is 0.504. The number of aliphatic hydroxyl groups excluding tert-OH is 1. The summed E-state index contributed by atoms with van der Waals surface area (Å²) in [5.41, 5.74) is -0.179. The van der Waals surface area contributed by atoms with Crippen molar-refractivity contribution in [3.8, 4) is 0 Å². The standard InChI is InChI=1S/C11H19N5O3/c1-4-12-10-9(16(18)19)11(14-6-13-10)15-8(3)7(2)5-17/h6-8,17H,4-5H2,1-3H3,(H2,12,13,14,15). The minimum Gasteiger partial charge on any atom is -0.396 e. The number of rotatable bonds is 7. The van der Waals surface area contributed by atoms with Crippen LogP contribution in [0.2, 0.25) is 0 Å². The summed E-state index contributed by atoms with van der Waals surface area (Å²) in [5.74, 6) is 0.301. The van der Waals surface area contributed by atoms with E-state index in [1.807, 2.05) is 20.8 Å². The zero-order chi connectivity index (χ0) is 14.4. The van der Waals surface area contributed by atoms with E-state index in [9.17, 15) is 10.1 Å². The second-order valence-electron chi connectivity index (χ2n) is 4.30. The molecule has 1 rings (SSSR count). The van der Waals surface area contributed by atoms with Gasteiger partial charge in [-0.1, -0.05) is 6.92 Å². The molecule has 0 aliphatic carbocycles. The summed E-state index contributed by atoms with van der Waals surface area (Å²) in [7, 11) is 0. The molecule has 0 aromatic carbocycles. The zero-order valence-electron chi connectivity index (χ0n) is 11.3. The Bertz CT molecular complexity index is 440. The Labute approximate surface area is 111 Å². The van der Waals surface area contributed by atoms with Gasteiger partial charge in [-0.15, -0.1) is 0 Å². The van der Waals surface area contributed by atoms with Crippen LogP contribution in [-0.4, -0.2) is 39.2 Å². The summed E-state index contributed by atoms with van der Waals surface area (Å²) in [6.45, 7) is 6.03. The van der Waals surface area contributed by atoms with Gasteiger partial charge >= 0.3 is 5.69 Å². The van der Waals surface area contributed by atoms with Crippen molar-refractivity contribution in [2.75, 3.05) is 23.8 Å². The maximum atomic E-state index is 11.1. The number of nitrogens with one attached hydrogen (secondary N) is 2. The summed E-state index contributed by atoms with van der Waals surface area (Å²) in [6, 6.07) is -0.145. The number of nitrogens with zero attached hydrogens (tertiary/aromatic N) is 3. The third-order valence-electron chi connectivity index (χ3n) is 2.85. The van der Waals surface area contributed by atoms with Gasteiger partial charge in [0.1, 0.15) is 6.33 Å². The maximum absolute atomic E-state index is 11.1. The second-order valence-corrected chi connectivity index (χ2v) is 4.30. The largest absolute Gasteiger partial charge is 0.396 e. The highest BCUT2D eigenvalue weighted by Crippen LogP contribution is 2.29. The fourth-order valence-electron chi connectivity index (χ4n) is 1.47. The lowest BCUT2D eigenvalue weighted by atomic mass is 10.1. The molecule has 2 atom stereocenters. The Balaban J connectivity index is 3.06. The number of aromatic nitrogens is 2.